The molecule has 0 spiro atoms. The highest BCUT2D eigenvalue weighted by atomic mass is 16.5. The molecule has 4 rings (SSSR count). The topological polar surface area (TPSA) is 37.4 Å². The number of pyridine rings is 1. The fourth-order valence-corrected chi connectivity index (χ4v) is 3.45. The molecular weight excluding hydrogens is 250 g/mol. The average Bonchev–Trinajstić information content (AvgIpc) is 3.20. The van der Waals surface area contributed by atoms with Crippen LogP contribution in [-0.4, -0.2) is 36.3 Å². The molecule has 3 fully saturated rings. The summed E-state index contributed by atoms with van der Waals surface area (Å²) in [6, 6.07) is 5.71. The van der Waals surface area contributed by atoms with Gasteiger partial charge in [0.2, 0.25) is 0 Å². The molecule has 1 saturated heterocycles. The lowest BCUT2D eigenvalue weighted by Gasteiger charge is -2.38. The zero-order chi connectivity index (χ0) is 13.4. The van der Waals surface area contributed by atoms with Gasteiger partial charge in [-0.15, -0.1) is 0 Å². The number of aromatic nitrogens is 1. The SMILES string of the molecule is c1cc(N2CCOC3CCCC32)ncc1CNC1CC1. The number of anilines is 1. The van der Waals surface area contributed by atoms with Crippen molar-refractivity contribution in [3.05, 3.63) is 23.9 Å². The van der Waals surface area contributed by atoms with Crippen LogP contribution in [0.15, 0.2) is 18.3 Å². The summed E-state index contributed by atoms with van der Waals surface area (Å²) in [5, 5.41) is 3.54. The molecule has 0 aromatic carbocycles. The molecule has 2 aliphatic carbocycles. The molecule has 1 aromatic heterocycles. The van der Waals surface area contributed by atoms with Crippen molar-refractivity contribution in [3.8, 4) is 0 Å². The largest absolute Gasteiger partial charge is 0.374 e. The number of rotatable bonds is 4. The third kappa shape index (κ3) is 2.54. The predicted molar refractivity (Wildman–Crippen MR) is 78.8 cm³/mol. The van der Waals surface area contributed by atoms with E-state index in [2.05, 4.69) is 22.3 Å². The van der Waals surface area contributed by atoms with Gasteiger partial charge >= 0.3 is 0 Å². The number of nitrogens with one attached hydrogen (secondary N) is 1. The van der Waals surface area contributed by atoms with Crippen LogP contribution in [0.4, 0.5) is 5.82 Å². The first-order chi connectivity index (χ1) is 9.90. The number of hydrogen-bond acceptors (Lipinski definition) is 4. The lowest BCUT2D eigenvalue weighted by Crippen LogP contribution is -2.49. The van der Waals surface area contributed by atoms with E-state index in [0.29, 0.717) is 12.1 Å². The van der Waals surface area contributed by atoms with Crippen LogP contribution in [0.25, 0.3) is 0 Å². The van der Waals surface area contributed by atoms with E-state index in [9.17, 15) is 0 Å². The molecule has 4 heteroatoms. The minimum absolute atomic E-state index is 0.432. The molecule has 1 aliphatic heterocycles. The zero-order valence-corrected chi connectivity index (χ0v) is 11.9. The summed E-state index contributed by atoms with van der Waals surface area (Å²) < 4.78 is 5.87. The summed E-state index contributed by atoms with van der Waals surface area (Å²) in [4.78, 5) is 7.15. The lowest BCUT2D eigenvalue weighted by atomic mass is 10.1. The van der Waals surface area contributed by atoms with Crippen molar-refractivity contribution < 1.29 is 4.74 Å². The molecule has 4 nitrogen and oxygen atoms in total. The van der Waals surface area contributed by atoms with E-state index in [-0.39, 0.29) is 0 Å². The van der Waals surface area contributed by atoms with Gasteiger partial charge in [-0.05, 0) is 43.7 Å². The van der Waals surface area contributed by atoms with E-state index in [4.69, 9.17) is 9.72 Å². The molecule has 0 bridgehead atoms. The van der Waals surface area contributed by atoms with Crippen LogP contribution in [0.3, 0.4) is 0 Å². The Morgan fingerprint density at radius 2 is 2.20 bits per heavy atom. The molecule has 0 radical (unpaired) electrons. The Morgan fingerprint density at radius 1 is 1.25 bits per heavy atom. The molecule has 3 aliphatic rings. The Labute approximate surface area is 120 Å². The zero-order valence-electron chi connectivity index (χ0n) is 11.9. The van der Waals surface area contributed by atoms with Gasteiger partial charge in [0.15, 0.2) is 0 Å². The maximum absolute atomic E-state index is 5.87. The lowest BCUT2D eigenvalue weighted by molar-refractivity contribution is 0.0253. The third-order valence-corrected chi connectivity index (χ3v) is 4.76. The van der Waals surface area contributed by atoms with Crippen LogP contribution in [0.1, 0.15) is 37.7 Å². The highest BCUT2D eigenvalue weighted by Crippen LogP contribution is 2.32. The Bertz CT molecular complexity index is 457. The van der Waals surface area contributed by atoms with E-state index in [1.54, 1.807) is 0 Å². The van der Waals surface area contributed by atoms with E-state index in [1.807, 2.05) is 6.20 Å². The van der Waals surface area contributed by atoms with Crippen molar-refractivity contribution in [1.29, 1.82) is 0 Å². The van der Waals surface area contributed by atoms with E-state index in [0.717, 1.165) is 31.6 Å². The first kappa shape index (κ1) is 12.6. The second-order valence-electron chi connectivity index (χ2n) is 6.28. The Balaban J connectivity index is 1.44. The first-order valence-electron chi connectivity index (χ1n) is 7.97. The van der Waals surface area contributed by atoms with Crippen molar-refractivity contribution in [1.82, 2.24) is 10.3 Å². The minimum atomic E-state index is 0.432. The summed E-state index contributed by atoms with van der Waals surface area (Å²) >= 11 is 0. The Kier molecular flexibility index (Phi) is 3.36. The standard InChI is InChI=1S/C16H23N3O/c1-2-14-15(3-1)20-9-8-19(14)16-7-4-12(11-18-16)10-17-13-5-6-13/h4,7,11,13-15,17H,1-3,5-6,8-10H2. The maximum atomic E-state index is 5.87. The van der Waals surface area contributed by atoms with Crippen LogP contribution in [0.5, 0.6) is 0 Å². The van der Waals surface area contributed by atoms with Gasteiger partial charge in [0.25, 0.3) is 0 Å². The Hall–Kier alpha value is -1.13. The van der Waals surface area contributed by atoms with Crippen LogP contribution in [-0.2, 0) is 11.3 Å². The van der Waals surface area contributed by atoms with Crippen molar-refractivity contribution in [3.63, 3.8) is 0 Å². The van der Waals surface area contributed by atoms with Gasteiger partial charge in [-0.1, -0.05) is 6.07 Å². The maximum Gasteiger partial charge on any atom is 0.128 e. The molecular formula is C16H23N3O. The first-order valence-corrected chi connectivity index (χ1v) is 7.97. The van der Waals surface area contributed by atoms with Crippen LogP contribution in [0, 0.1) is 0 Å². The number of morpholine rings is 1. The van der Waals surface area contributed by atoms with E-state index in [1.165, 1.54) is 37.7 Å². The van der Waals surface area contributed by atoms with Gasteiger partial charge in [-0.25, -0.2) is 4.98 Å². The van der Waals surface area contributed by atoms with E-state index < -0.39 is 0 Å². The fourth-order valence-electron chi connectivity index (χ4n) is 3.45. The highest BCUT2D eigenvalue weighted by Gasteiger charge is 2.36. The fraction of sp³-hybridized carbons (Fsp3) is 0.688. The van der Waals surface area contributed by atoms with Gasteiger partial charge in [0, 0.05) is 25.3 Å². The van der Waals surface area contributed by atoms with Crippen molar-refractivity contribution in [2.45, 2.75) is 56.8 Å². The second-order valence-corrected chi connectivity index (χ2v) is 6.28. The number of ether oxygens (including phenoxy) is 1. The third-order valence-electron chi connectivity index (χ3n) is 4.76. The van der Waals surface area contributed by atoms with Gasteiger partial charge in [0.05, 0.1) is 18.8 Å². The molecule has 2 heterocycles. The molecule has 20 heavy (non-hydrogen) atoms. The number of fused-ring (bicyclic) bond motifs is 1. The van der Waals surface area contributed by atoms with Crippen molar-refractivity contribution in [2.24, 2.45) is 0 Å². The summed E-state index contributed by atoms with van der Waals surface area (Å²) in [6.07, 6.45) is 8.88. The van der Waals surface area contributed by atoms with Gasteiger partial charge in [-0.2, -0.15) is 0 Å². The number of nitrogens with zero attached hydrogens (tertiary/aromatic N) is 2. The molecule has 2 unspecified atom stereocenters. The van der Waals surface area contributed by atoms with Gasteiger partial charge < -0.3 is 15.0 Å². The van der Waals surface area contributed by atoms with Crippen molar-refractivity contribution in [2.75, 3.05) is 18.1 Å². The average molecular weight is 273 g/mol. The quantitative estimate of drug-likeness (QED) is 0.911. The summed E-state index contributed by atoms with van der Waals surface area (Å²) in [5.41, 5.74) is 1.29. The van der Waals surface area contributed by atoms with Crippen molar-refractivity contribution >= 4 is 5.82 Å². The molecule has 1 aromatic rings. The summed E-state index contributed by atoms with van der Waals surface area (Å²) in [5.74, 6) is 1.13. The molecule has 2 atom stereocenters. The van der Waals surface area contributed by atoms with Gasteiger partial charge in [0.1, 0.15) is 5.82 Å². The molecule has 1 N–H and O–H groups in total. The molecule has 108 valence electrons. The summed E-state index contributed by atoms with van der Waals surface area (Å²) in [6.45, 7) is 2.77. The Morgan fingerprint density at radius 3 is 3.00 bits per heavy atom. The number of hydrogen-bond donors (Lipinski definition) is 1. The minimum Gasteiger partial charge on any atom is -0.374 e. The molecule has 2 saturated carbocycles. The molecule has 0 amide bonds. The highest BCUT2D eigenvalue weighted by molar-refractivity contribution is 5.42. The van der Waals surface area contributed by atoms with Crippen LogP contribution < -0.4 is 10.2 Å². The smallest absolute Gasteiger partial charge is 0.128 e. The monoisotopic (exact) mass is 273 g/mol. The summed E-state index contributed by atoms with van der Waals surface area (Å²) in [7, 11) is 0. The van der Waals surface area contributed by atoms with Crippen LogP contribution in [0.2, 0.25) is 0 Å². The van der Waals surface area contributed by atoms with Gasteiger partial charge in [-0.3, -0.25) is 0 Å². The van der Waals surface area contributed by atoms with Crippen LogP contribution >= 0.6 is 0 Å². The second kappa shape index (κ2) is 5.34. The van der Waals surface area contributed by atoms with E-state index >= 15 is 0 Å². The predicted octanol–water partition coefficient (Wildman–Crippen LogP) is 2.09. The normalized spacial score (nSPS) is 29.5.